The van der Waals surface area contributed by atoms with E-state index in [1.165, 1.54) is 0 Å². The van der Waals surface area contributed by atoms with E-state index in [9.17, 15) is 0 Å². The van der Waals surface area contributed by atoms with Gasteiger partial charge in [-0.25, -0.2) is 4.98 Å². The van der Waals surface area contributed by atoms with E-state index in [-0.39, 0.29) is 5.54 Å². The molecule has 0 spiro atoms. The highest BCUT2D eigenvalue weighted by molar-refractivity contribution is 5.34. The molecule has 0 radical (unpaired) electrons. The summed E-state index contributed by atoms with van der Waals surface area (Å²) in [5.41, 5.74) is 6.86. The standard InChI is InChI=1S/C12H20N2O2/c1-12(2,13)6-5-9-7-11(16-4)14-8-10(9)15-3/h7-8H,5-6,13H2,1-4H3. The summed E-state index contributed by atoms with van der Waals surface area (Å²) in [6, 6.07) is 1.89. The minimum Gasteiger partial charge on any atom is -0.495 e. The van der Waals surface area contributed by atoms with Crippen molar-refractivity contribution in [2.24, 2.45) is 5.73 Å². The first kappa shape index (κ1) is 12.8. The molecule has 0 saturated heterocycles. The summed E-state index contributed by atoms with van der Waals surface area (Å²) in [5.74, 6) is 1.38. The van der Waals surface area contributed by atoms with Crippen molar-refractivity contribution in [3.8, 4) is 11.6 Å². The van der Waals surface area contributed by atoms with Crippen LogP contribution in [-0.4, -0.2) is 24.7 Å². The maximum atomic E-state index is 5.96. The second-order valence-electron chi connectivity index (χ2n) is 4.53. The molecule has 0 fully saturated rings. The highest BCUT2D eigenvalue weighted by Gasteiger charge is 2.13. The molecule has 0 aliphatic rings. The maximum absolute atomic E-state index is 5.96. The van der Waals surface area contributed by atoms with Gasteiger partial charge in [0.05, 0.1) is 20.4 Å². The number of ether oxygens (including phenoxy) is 2. The molecule has 4 heteroatoms. The van der Waals surface area contributed by atoms with Crippen LogP contribution < -0.4 is 15.2 Å². The number of aryl methyl sites for hydroxylation is 1. The average molecular weight is 224 g/mol. The van der Waals surface area contributed by atoms with E-state index in [0.717, 1.165) is 24.2 Å². The molecule has 4 nitrogen and oxygen atoms in total. The lowest BCUT2D eigenvalue weighted by atomic mass is 9.97. The molecule has 16 heavy (non-hydrogen) atoms. The highest BCUT2D eigenvalue weighted by Crippen LogP contribution is 2.24. The van der Waals surface area contributed by atoms with Gasteiger partial charge in [-0.1, -0.05) is 0 Å². The summed E-state index contributed by atoms with van der Waals surface area (Å²) in [6.07, 6.45) is 3.42. The van der Waals surface area contributed by atoms with Crippen LogP contribution in [-0.2, 0) is 6.42 Å². The number of rotatable bonds is 5. The Bertz CT molecular complexity index is 345. The summed E-state index contributed by atoms with van der Waals surface area (Å²) in [4.78, 5) is 4.09. The number of nitrogens with zero attached hydrogens (tertiary/aromatic N) is 1. The lowest BCUT2D eigenvalue weighted by molar-refractivity contribution is 0.381. The van der Waals surface area contributed by atoms with E-state index in [2.05, 4.69) is 4.98 Å². The van der Waals surface area contributed by atoms with Crippen LogP contribution in [0.2, 0.25) is 0 Å². The summed E-state index contributed by atoms with van der Waals surface area (Å²) >= 11 is 0. The molecule has 0 unspecified atom stereocenters. The molecule has 2 N–H and O–H groups in total. The fourth-order valence-corrected chi connectivity index (χ4v) is 1.41. The molecule has 1 heterocycles. The van der Waals surface area contributed by atoms with Gasteiger partial charge in [-0.05, 0) is 26.7 Å². The summed E-state index contributed by atoms with van der Waals surface area (Å²) < 4.78 is 10.3. The third-order valence-corrected chi connectivity index (χ3v) is 2.39. The van der Waals surface area contributed by atoms with Crippen LogP contribution in [0.25, 0.3) is 0 Å². The van der Waals surface area contributed by atoms with Crippen molar-refractivity contribution >= 4 is 0 Å². The Kier molecular flexibility index (Phi) is 4.12. The Labute approximate surface area is 96.8 Å². The predicted molar refractivity (Wildman–Crippen MR) is 63.9 cm³/mol. The summed E-state index contributed by atoms with van der Waals surface area (Å²) in [6.45, 7) is 4.02. The van der Waals surface area contributed by atoms with Crippen LogP contribution in [0.1, 0.15) is 25.8 Å². The molecular formula is C12H20N2O2. The first-order chi connectivity index (χ1) is 7.46. The number of hydrogen-bond donors (Lipinski definition) is 1. The first-order valence-corrected chi connectivity index (χ1v) is 5.32. The first-order valence-electron chi connectivity index (χ1n) is 5.32. The third-order valence-electron chi connectivity index (χ3n) is 2.39. The van der Waals surface area contributed by atoms with Crippen LogP contribution in [0.5, 0.6) is 11.6 Å². The van der Waals surface area contributed by atoms with Crippen LogP contribution >= 0.6 is 0 Å². The van der Waals surface area contributed by atoms with Crippen LogP contribution in [0.15, 0.2) is 12.3 Å². The van der Waals surface area contributed by atoms with Gasteiger partial charge in [0.2, 0.25) is 5.88 Å². The van der Waals surface area contributed by atoms with E-state index < -0.39 is 0 Å². The Morgan fingerprint density at radius 2 is 2.00 bits per heavy atom. The molecular weight excluding hydrogens is 204 g/mol. The van der Waals surface area contributed by atoms with Crippen LogP contribution in [0.3, 0.4) is 0 Å². The van der Waals surface area contributed by atoms with Gasteiger partial charge in [0.25, 0.3) is 0 Å². The smallest absolute Gasteiger partial charge is 0.213 e. The monoisotopic (exact) mass is 224 g/mol. The van der Waals surface area contributed by atoms with E-state index in [0.29, 0.717) is 5.88 Å². The molecule has 0 aliphatic carbocycles. The molecule has 1 aromatic heterocycles. The van der Waals surface area contributed by atoms with Crippen molar-refractivity contribution in [3.05, 3.63) is 17.8 Å². The van der Waals surface area contributed by atoms with Gasteiger partial charge < -0.3 is 15.2 Å². The van der Waals surface area contributed by atoms with E-state index in [1.54, 1.807) is 20.4 Å². The molecule has 0 aromatic carbocycles. The van der Waals surface area contributed by atoms with Gasteiger partial charge >= 0.3 is 0 Å². The van der Waals surface area contributed by atoms with Gasteiger partial charge in [0, 0.05) is 17.2 Å². The van der Waals surface area contributed by atoms with Crippen molar-refractivity contribution in [1.29, 1.82) is 0 Å². The fraction of sp³-hybridized carbons (Fsp3) is 0.583. The Hall–Kier alpha value is -1.29. The molecule has 0 atom stereocenters. The SMILES string of the molecule is COc1cc(CCC(C)(C)N)c(OC)cn1. The van der Waals surface area contributed by atoms with E-state index in [1.807, 2.05) is 19.9 Å². The predicted octanol–water partition coefficient (Wildman–Crippen LogP) is 1.77. The van der Waals surface area contributed by atoms with Crippen LogP contribution in [0.4, 0.5) is 0 Å². The zero-order valence-electron chi connectivity index (χ0n) is 10.4. The van der Waals surface area contributed by atoms with E-state index >= 15 is 0 Å². The van der Waals surface area contributed by atoms with E-state index in [4.69, 9.17) is 15.2 Å². The second kappa shape index (κ2) is 5.16. The lowest BCUT2D eigenvalue weighted by Crippen LogP contribution is -2.32. The molecule has 1 rings (SSSR count). The largest absolute Gasteiger partial charge is 0.495 e. The van der Waals surface area contributed by atoms with Crippen molar-refractivity contribution < 1.29 is 9.47 Å². The molecule has 90 valence electrons. The zero-order valence-corrected chi connectivity index (χ0v) is 10.4. The quantitative estimate of drug-likeness (QED) is 0.828. The number of pyridine rings is 1. The summed E-state index contributed by atoms with van der Waals surface area (Å²) in [5, 5.41) is 0. The van der Waals surface area contributed by atoms with Gasteiger partial charge in [0.15, 0.2) is 0 Å². The second-order valence-corrected chi connectivity index (χ2v) is 4.53. The van der Waals surface area contributed by atoms with Crippen molar-refractivity contribution in [1.82, 2.24) is 4.98 Å². The molecule has 1 aromatic rings. The number of aromatic nitrogens is 1. The highest BCUT2D eigenvalue weighted by atomic mass is 16.5. The maximum Gasteiger partial charge on any atom is 0.213 e. The Morgan fingerprint density at radius 1 is 1.31 bits per heavy atom. The molecule has 0 bridgehead atoms. The molecule has 0 aliphatic heterocycles. The number of nitrogens with two attached hydrogens (primary N) is 1. The number of methoxy groups -OCH3 is 2. The van der Waals surface area contributed by atoms with Gasteiger partial charge in [-0.15, -0.1) is 0 Å². The minimum absolute atomic E-state index is 0.179. The Morgan fingerprint density at radius 3 is 2.50 bits per heavy atom. The van der Waals surface area contributed by atoms with Crippen LogP contribution in [0, 0.1) is 0 Å². The Balaban J connectivity index is 2.83. The third kappa shape index (κ3) is 3.70. The van der Waals surface area contributed by atoms with Crippen molar-refractivity contribution in [2.75, 3.05) is 14.2 Å². The topological polar surface area (TPSA) is 57.4 Å². The zero-order chi connectivity index (χ0) is 12.2. The average Bonchev–Trinajstić information content (AvgIpc) is 2.25. The fourth-order valence-electron chi connectivity index (χ4n) is 1.41. The van der Waals surface area contributed by atoms with Gasteiger partial charge in [0.1, 0.15) is 5.75 Å². The minimum atomic E-state index is -0.179. The normalized spacial score (nSPS) is 11.3. The van der Waals surface area contributed by atoms with Gasteiger partial charge in [-0.2, -0.15) is 0 Å². The number of hydrogen-bond acceptors (Lipinski definition) is 4. The molecule has 0 amide bonds. The lowest BCUT2D eigenvalue weighted by Gasteiger charge is -2.19. The van der Waals surface area contributed by atoms with Crippen molar-refractivity contribution in [3.63, 3.8) is 0 Å². The van der Waals surface area contributed by atoms with Crippen molar-refractivity contribution in [2.45, 2.75) is 32.2 Å². The molecule has 0 saturated carbocycles. The van der Waals surface area contributed by atoms with Gasteiger partial charge in [-0.3, -0.25) is 0 Å². The summed E-state index contributed by atoms with van der Waals surface area (Å²) in [7, 11) is 3.24.